The fraction of sp³-hybridized carbons (Fsp3) is 0.286. The van der Waals surface area contributed by atoms with Gasteiger partial charge >= 0.3 is 0 Å². The van der Waals surface area contributed by atoms with Gasteiger partial charge in [-0.1, -0.05) is 19.4 Å². The number of Topliss-reactive ketones (excluding diaryl/α,β-unsaturated/α-hetero) is 1. The van der Waals surface area contributed by atoms with E-state index in [4.69, 9.17) is 5.73 Å². The highest BCUT2D eigenvalue weighted by atomic mass is 16.1. The highest BCUT2D eigenvalue weighted by Gasteiger charge is 2.23. The van der Waals surface area contributed by atoms with Crippen molar-refractivity contribution in [3.8, 4) is 0 Å². The first-order valence-electron chi connectivity index (χ1n) is 5.82. The van der Waals surface area contributed by atoms with Gasteiger partial charge in [0.05, 0.1) is 5.70 Å². The van der Waals surface area contributed by atoms with Crippen molar-refractivity contribution in [1.29, 1.82) is 0 Å². The summed E-state index contributed by atoms with van der Waals surface area (Å²) in [6.07, 6.45) is 4.34. The molecular weight excluding hydrogens is 214 g/mol. The second-order valence-electron chi connectivity index (χ2n) is 4.28. The van der Waals surface area contributed by atoms with Gasteiger partial charge in [-0.25, -0.2) is 0 Å². The summed E-state index contributed by atoms with van der Waals surface area (Å²) < 4.78 is 0. The van der Waals surface area contributed by atoms with E-state index in [-0.39, 0.29) is 17.3 Å². The molecule has 0 spiro atoms. The Morgan fingerprint density at radius 3 is 2.65 bits per heavy atom. The Labute approximate surface area is 100 Å². The zero-order valence-corrected chi connectivity index (χ0v) is 9.82. The number of hydrogen-bond acceptors (Lipinski definition) is 3. The Bertz CT molecular complexity index is 515. The summed E-state index contributed by atoms with van der Waals surface area (Å²) in [6, 6.07) is 5.42. The van der Waals surface area contributed by atoms with Gasteiger partial charge in [-0.05, 0) is 30.5 Å². The van der Waals surface area contributed by atoms with Crippen LogP contribution in [0.25, 0.3) is 0 Å². The second-order valence-corrected chi connectivity index (χ2v) is 4.28. The average molecular weight is 229 g/mol. The monoisotopic (exact) mass is 229 g/mol. The Morgan fingerprint density at radius 2 is 1.94 bits per heavy atom. The molecule has 0 bridgehead atoms. The van der Waals surface area contributed by atoms with E-state index in [0.717, 1.165) is 24.8 Å². The Hall–Kier alpha value is -1.90. The van der Waals surface area contributed by atoms with Crippen LogP contribution in [0.2, 0.25) is 0 Å². The summed E-state index contributed by atoms with van der Waals surface area (Å²) in [5.74, 6) is -0.419. The number of nitrogens with two attached hydrogens (primary N) is 1. The van der Waals surface area contributed by atoms with E-state index in [9.17, 15) is 9.59 Å². The fourth-order valence-corrected chi connectivity index (χ4v) is 1.97. The minimum Gasteiger partial charge on any atom is -0.395 e. The summed E-state index contributed by atoms with van der Waals surface area (Å²) in [5, 5.41) is 0. The first-order chi connectivity index (χ1) is 8.13. The molecule has 0 atom stereocenters. The maximum Gasteiger partial charge on any atom is 0.209 e. The lowest BCUT2D eigenvalue weighted by molar-refractivity contribution is 0.0983. The number of rotatable bonds is 3. The van der Waals surface area contributed by atoms with Crippen LogP contribution < -0.4 is 5.73 Å². The molecule has 2 rings (SSSR count). The van der Waals surface area contributed by atoms with Gasteiger partial charge in [0, 0.05) is 17.2 Å². The minimum atomic E-state index is -0.248. The van der Waals surface area contributed by atoms with Crippen molar-refractivity contribution in [3.05, 3.63) is 46.7 Å². The molecule has 0 saturated carbocycles. The molecule has 88 valence electrons. The standard InChI is InChI=1S/C14H15NO2/c1-2-3-4-9-5-6-10-11(7-9)13(16)8-12(15)14(10)17/h5-8H,2-4,15H2,1H3. The van der Waals surface area contributed by atoms with E-state index < -0.39 is 0 Å². The zero-order chi connectivity index (χ0) is 12.4. The van der Waals surface area contributed by atoms with E-state index in [1.807, 2.05) is 12.1 Å². The third kappa shape index (κ3) is 2.13. The summed E-state index contributed by atoms with van der Waals surface area (Å²) in [4.78, 5) is 23.5. The molecule has 0 fully saturated rings. The first kappa shape index (κ1) is 11.6. The first-order valence-corrected chi connectivity index (χ1v) is 5.82. The van der Waals surface area contributed by atoms with Gasteiger partial charge in [0.15, 0.2) is 5.78 Å². The van der Waals surface area contributed by atoms with Crippen molar-refractivity contribution < 1.29 is 9.59 Å². The van der Waals surface area contributed by atoms with Crippen LogP contribution in [-0.4, -0.2) is 11.6 Å². The van der Waals surface area contributed by atoms with Crippen LogP contribution in [0.15, 0.2) is 30.0 Å². The Kier molecular flexibility index (Phi) is 3.09. The van der Waals surface area contributed by atoms with E-state index >= 15 is 0 Å². The number of unbranched alkanes of at least 4 members (excludes halogenated alkanes) is 1. The lowest BCUT2D eigenvalue weighted by atomic mass is 9.90. The van der Waals surface area contributed by atoms with Crippen LogP contribution in [0.1, 0.15) is 46.0 Å². The predicted octanol–water partition coefficient (Wildman–Crippen LogP) is 2.25. The number of aryl methyl sites for hydroxylation is 1. The van der Waals surface area contributed by atoms with Gasteiger partial charge in [0.1, 0.15) is 0 Å². The zero-order valence-electron chi connectivity index (χ0n) is 9.82. The number of carbonyl (C=O) groups is 2. The number of allylic oxidation sites excluding steroid dienone is 2. The van der Waals surface area contributed by atoms with Crippen LogP contribution in [0.3, 0.4) is 0 Å². The van der Waals surface area contributed by atoms with E-state index in [2.05, 4.69) is 6.92 Å². The molecule has 0 aromatic heterocycles. The second kappa shape index (κ2) is 4.53. The van der Waals surface area contributed by atoms with Gasteiger partial charge in [0.2, 0.25) is 5.78 Å². The molecule has 1 aromatic carbocycles. The summed E-state index contributed by atoms with van der Waals surface area (Å²) in [5.41, 5.74) is 7.53. The van der Waals surface area contributed by atoms with Crippen molar-refractivity contribution in [2.24, 2.45) is 5.73 Å². The van der Waals surface area contributed by atoms with Crippen LogP contribution in [0, 0.1) is 0 Å². The summed E-state index contributed by atoms with van der Waals surface area (Å²) in [7, 11) is 0. The molecular formula is C14H15NO2. The van der Waals surface area contributed by atoms with Crippen LogP contribution in [-0.2, 0) is 6.42 Å². The number of fused-ring (bicyclic) bond motifs is 1. The van der Waals surface area contributed by atoms with Gasteiger partial charge < -0.3 is 5.73 Å². The third-order valence-corrected chi connectivity index (χ3v) is 2.96. The van der Waals surface area contributed by atoms with Crippen LogP contribution >= 0.6 is 0 Å². The lowest BCUT2D eigenvalue weighted by Gasteiger charge is -2.13. The maximum atomic E-state index is 11.8. The number of ketones is 2. The Balaban J connectivity index is 2.39. The normalized spacial score (nSPS) is 14.5. The number of carbonyl (C=O) groups excluding carboxylic acids is 2. The van der Waals surface area contributed by atoms with Crippen molar-refractivity contribution in [2.45, 2.75) is 26.2 Å². The molecule has 3 heteroatoms. The van der Waals surface area contributed by atoms with E-state index in [1.54, 1.807) is 6.07 Å². The molecule has 1 aliphatic rings. The molecule has 2 N–H and O–H groups in total. The van der Waals surface area contributed by atoms with Gasteiger partial charge in [-0.15, -0.1) is 0 Å². The van der Waals surface area contributed by atoms with Crippen molar-refractivity contribution in [1.82, 2.24) is 0 Å². The van der Waals surface area contributed by atoms with Gasteiger partial charge in [-0.2, -0.15) is 0 Å². The molecule has 0 aliphatic heterocycles. The molecule has 0 heterocycles. The van der Waals surface area contributed by atoms with Crippen LogP contribution in [0.4, 0.5) is 0 Å². The fourth-order valence-electron chi connectivity index (χ4n) is 1.97. The van der Waals surface area contributed by atoms with Gasteiger partial charge in [-0.3, -0.25) is 9.59 Å². The van der Waals surface area contributed by atoms with Crippen molar-refractivity contribution >= 4 is 11.6 Å². The molecule has 1 aromatic rings. The van der Waals surface area contributed by atoms with Crippen LogP contribution in [0.5, 0.6) is 0 Å². The molecule has 0 radical (unpaired) electrons. The Morgan fingerprint density at radius 1 is 1.18 bits per heavy atom. The van der Waals surface area contributed by atoms with Gasteiger partial charge in [0.25, 0.3) is 0 Å². The summed E-state index contributed by atoms with van der Waals surface area (Å²) >= 11 is 0. The third-order valence-electron chi connectivity index (χ3n) is 2.96. The minimum absolute atomic E-state index is 0.0313. The van der Waals surface area contributed by atoms with Crippen molar-refractivity contribution in [2.75, 3.05) is 0 Å². The average Bonchev–Trinajstić information content (AvgIpc) is 2.33. The molecule has 0 unspecified atom stereocenters. The van der Waals surface area contributed by atoms with Crippen molar-refractivity contribution in [3.63, 3.8) is 0 Å². The van der Waals surface area contributed by atoms with E-state index in [0.29, 0.717) is 11.1 Å². The highest BCUT2D eigenvalue weighted by molar-refractivity contribution is 6.24. The SMILES string of the molecule is CCCCc1ccc2c(c1)C(=O)C=C(N)C2=O. The predicted molar refractivity (Wildman–Crippen MR) is 66.0 cm³/mol. The number of benzene rings is 1. The maximum absolute atomic E-state index is 11.8. The smallest absolute Gasteiger partial charge is 0.209 e. The van der Waals surface area contributed by atoms with E-state index in [1.165, 1.54) is 6.08 Å². The lowest BCUT2D eigenvalue weighted by Crippen LogP contribution is -2.21. The molecule has 1 aliphatic carbocycles. The largest absolute Gasteiger partial charge is 0.395 e. The molecule has 3 nitrogen and oxygen atoms in total. The summed E-state index contributed by atoms with van der Waals surface area (Å²) in [6.45, 7) is 2.12. The number of hydrogen-bond donors (Lipinski definition) is 1. The molecule has 0 saturated heterocycles. The topological polar surface area (TPSA) is 60.2 Å². The molecule has 0 amide bonds. The highest BCUT2D eigenvalue weighted by Crippen LogP contribution is 2.21. The quantitative estimate of drug-likeness (QED) is 0.864. The molecule has 17 heavy (non-hydrogen) atoms.